The van der Waals surface area contributed by atoms with Gasteiger partial charge in [0.15, 0.2) is 0 Å². The highest BCUT2D eigenvalue weighted by Gasteiger charge is 2.35. The summed E-state index contributed by atoms with van der Waals surface area (Å²) in [6.45, 7) is 7.42. The van der Waals surface area contributed by atoms with Crippen LogP contribution >= 0.6 is 11.8 Å². The Morgan fingerprint density at radius 1 is 1.32 bits per heavy atom. The predicted molar refractivity (Wildman–Crippen MR) is 85.2 cm³/mol. The van der Waals surface area contributed by atoms with Crippen LogP contribution in [0.5, 0.6) is 0 Å². The van der Waals surface area contributed by atoms with E-state index >= 15 is 0 Å². The molecule has 0 bridgehead atoms. The molecule has 0 aliphatic heterocycles. The minimum Gasteiger partial charge on any atom is -0.360 e. The van der Waals surface area contributed by atoms with Crippen molar-refractivity contribution < 1.29 is 4.74 Å². The van der Waals surface area contributed by atoms with Crippen molar-refractivity contribution in [3.8, 4) is 0 Å². The standard InChI is InChI=1S/C17H24OS/c1-4-5-12-18-17(19-16-8-6-7-9-16)11-10-14(2)13-15(17)3/h6,8-10,13H,4-5,7,11-12H2,1-3H3. The third-order valence-electron chi connectivity index (χ3n) is 3.59. The van der Waals surface area contributed by atoms with Gasteiger partial charge in [0.1, 0.15) is 4.93 Å². The van der Waals surface area contributed by atoms with Crippen LogP contribution in [0.3, 0.4) is 0 Å². The summed E-state index contributed by atoms with van der Waals surface area (Å²) in [5.74, 6) is 0. The zero-order chi connectivity index (χ0) is 13.7. The molecule has 0 saturated heterocycles. The Bertz CT molecular complexity index is 442. The van der Waals surface area contributed by atoms with Gasteiger partial charge in [-0.15, -0.1) is 0 Å². The Balaban J connectivity index is 2.13. The topological polar surface area (TPSA) is 9.23 Å². The highest BCUT2D eigenvalue weighted by atomic mass is 32.2. The van der Waals surface area contributed by atoms with Gasteiger partial charge >= 0.3 is 0 Å². The maximum Gasteiger partial charge on any atom is 0.143 e. The Morgan fingerprint density at radius 2 is 2.16 bits per heavy atom. The molecule has 0 aromatic rings. The summed E-state index contributed by atoms with van der Waals surface area (Å²) in [4.78, 5) is 1.16. The Hall–Kier alpha value is -0.730. The molecule has 0 saturated carbocycles. The van der Waals surface area contributed by atoms with E-state index in [9.17, 15) is 0 Å². The van der Waals surface area contributed by atoms with Crippen molar-refractivity contribution in [2.24, 2.45) is 0 Å². The monoisotopic (exact) mass is 276 g/mol. The molecule has 0 fully saturated rings. The normalized spacial score (nSPS) is 26.2. The van der Waals surface area contributed by atoms with Gasteiger partial charge in [0.2, 0.25) is 0 Å². The van der Waals surface area contributed by atoms with Crippen LogP contribution in [0.2, 0.25) is 0 Å². The first kappa shape index (κ1) is 14.7. The molecular formula is C17H24OS. The number of rotatable bonds is 6. The second-order valence-electron chi connectivity index (χ2n) is 5.28. The van der Waals surface area contributed by atoms with Crippen molar-refractivity contribution in [2.75, 3.05) is 6.61 Å². The van der Waals surface area contributed by atoms with E-state index in [1.165, 1.54) is 22.5 Å². The molecule has 0 heterocycles. The largest absolute Gasteiger partial charge is 0.360 e. The summed E-state index contributed by atoms with van der Waals surface area (Å²) in [7, 11) is 0. The number of unbranched alkanes of at least 4 members (excludes halogenated alkanes) is 1. The maximum atomic E-state index is 6.31. The number of hydrogen-bond acceptors (Lipinski definition) is 2. The molecule has 19 heavy (non-hydrogen) atoms. The summed E-state index contributed by atoms with van der Waals surface area (Å²) in [6.07, 6.45) is 15.6. The highest BCUT2D eigenvalue weighted by Crippen LogP contribution is 2.46. The van der Waals surface area contributed by atoms with Gasteiger partial charge in [-0.2, -0.15) is 0 Å². The second-order valence-corrected chi connectivity index (χ2v) is 6.62. The van der Waals surface area contributed by atoms with Crippen molar-refractivity contribution in [1.29, 1.82) is 0 Å². The first-order chi connectivity index (χ1) is 9.16. The SMILES string of the molecule is CCCCOC1(SC2=CCC=C2)CC=C(C)C=C1C. The minimum atomic E-state index is -0.185. The van der Waals surface area contributed by atoms with Crippen LogP contribution in [0.1, 0.15) is 46.5 Å². The quantitative estimate of drug-likeness (QED) is 0.476. The smallest absolute Gasteiger partial charge is 0.143 e. The second kappa shape index (κ2) is 6.62. The van der Waals surface area contributed by atoms with Gasteiger partial charge in [0.05, 0.1) is 0 Å². The van der Waals surface area contributed by atoms with E-state index in [1.807, 2.05) is 11.8 Å². The fraction of sp³-hybridized carbons (Fsp3) is 0.529. The third kappa shape index (κ3) is 3.64. The van der Waals surface area contributed by atoms with Crippen molar-refractivity contribution in [3.05, 3.63) is 46.4 Å². The Kier molecular flexibility index (Phi) is 5.12. The van der Waals surface area contributed by atoms with E-state index in [-0.39, 0.29) is 4.93 Å². The van der Waals surface area contributed by atoms with E-state index < -0.39 is 0 Å². The molecule has 2 rings (SSSR count). The summed E-state index contributed by atoms with van der Waals surface area (Å²) < 4.78 is 6.31. The van der Waals surface area contributed by atoms with E-state index in [0.29, 0.717) is 0 Å². The van der Waals surface area contributed by atoms with Crippen molar-refractivity contribution >= 4 is 11.8 Å². The molecule has 2 aliphatic carbocycles. The fourth-order valence-corrected chi connectivity index (χ4v) is 3.63. The molecule has 0 radical (unpaired) electrons. The van der Waals surface area contributed by atoms with E-state index in [2.05, 4.69) is 51.2 Å². The summed E-state index contributed by atoms with van der Waals surface area (Å²) >= 11 is 1.88. The molecule has 0 aromatic carbocycles. The van der Waals surface area contributed by atoms with Gasteiger partial charge in [-0.25, -0.2) is 0 Å². The fourth-order valence-electron chi connectivity index (χ4n) is 2.37. The van der Waals surface area contributed by atoms with Crippen molar-refractivity contribution in [3.63, 3.8) is 0 Å². The minimum absolute atomic E-state index is 0.185. The highest BCUT2D eigenvalue weighted by molar-refractivity contribution is 8.04. The van der Waals surface area contributed by atoms with E-state index in [0.717, 1.165) is 25.9 Å². The van der Waals surface area contributed by atoms with Crippen LogP contribution in [0.4, 0.5) is 0 Å². The molecule has 2 heteroatoms. The van der Waals surface area contributed by atoms with Crippen LogP contribution < -0.4 is 0 Å². The van der Waals surface area contributed by atoms with Crippen LogP contribution in [0.25, 0.3) is 0 Å². The predicted octanol–water partition coefficient (Wildman–Crippen LogP) is 5.37. The number of allylic oxidation sites excluding steroid dienone is 5. The Morgan fingerprint density at radius 3 is 2.79 bits per heavy atom. The van der Waals surface area contributed by atoms with Crippen LogP contribution in [0.15, 0.2) is 46.4 Å². The van der Waals surface area contributed by atoms with Crippen LogP contribution in [-0.4, -0.2) is 11.5 Å². The molecular weight excluding hydrogens is 252 g/mol. The number of ether oxygens (including phenoxy) is 1. The van der Waals surface area contributed by atoms with Crippen molar-refractivity contribution in [1.82, 2.24) is 0 Å². The molecule has 0 amide bonds. The van der Waals surface area contributed by atoms with Gasteiger partial charge in [0, 0.05) is 17.9 Å². The summed E-state index contributed by atoms with van der Waals surface area (Å²) in [5.41, 5.74) is 2.69. The lowest BCUT2D eigenvalue weighted by molar-refractivity contribution is 0.0508. The first-order valence-corrected chi connectivity index (χ1v) is 8.03. The van der Waals surface area contributed by atoms with Gasteiger partial charge in [0.25, 0.3) is 0 Å². The summed E-state index contributed by atoms with van der Waals surface area (Å²) in [6, 6.07) is 0. The lowest BCUT2D eigenvalue weighted by atomic mass is 9.98. The molecule has 1 unspecified atom stereocenters. The van der Waals surface area contributed by atoms with Gasteiger partial charge in [-0.05, 0) is 32.3 Å². The zero-order valence-electron chi connectivity index (χ0n) is 12.2. The van der Waals surface area contributed by atoms with Gasteiger partial charge < -0.3 is 4.74 Å². The lowest BCUT2D eigenvalue weighted by Crippen LogP contribution is -2.32. The number of thioether (sulfide) groups is 1. The van der Waals surface area contributed by atoms with Gasteiger partial charge in [-0.3, -0.25) is 0 Å². The first-order valence-electron chi connectivity index (χ1n) is 7.21. The molecule has 0 N–H and O–H groups in total. The number of hydrogen-bond donors (Lipinski definition) is 0. The Labute approximate surface area is 121 Å². The van der Waals surface area contributed by atoms with Gasteiger partial charge in [-0.1, -0.05) is 61.1 Å². The molecule has 0 aromatic heterocycles. The molecule has 1 atom stereocenters. The lowest BCUT2D eigenvalue weighted by Gasteiger charge is -2.36. The summed E-state index contributed by atoms with van der Waals surface area (Å²) in [5, 5.41) is 0. The van der Waals surface area contributed by atoms with E-state index in [1.54, 1.807) is 0 Å². The zero-order valence-corrected chi connectivity index (χ0v) is 13.1. The third-order valence-corrected chi connectivity index (χ3v) is 5.07. The van der Waals surface area contributed by atoms with Crippen LogP contribution in [-0.2, 0) is 4.74 Å². The molecule has 0 spiro atoms. The van der Waals surface area contributed by atoms with E-state index in [4.69, 9.17) is 4.74 Å². The van der Waals surface area contributed by atoms with Crippen LogP contribution in [0, 0.1) is 0 Å². The maximum absolute atomic E-state index is 6.31. The molecule has 2 aliphatic rings. The average Bonchev–Trinajstić information content (AvgIpc) is 2.87. The molecule has 104 valence electrons. The van der Waals surface area contributed by atoms with Crippen molar-refractivity contribution in [2.45, 2.75) is 51.4 Å². The average molecular weight is 276 g/mol. The molecule has 1 nitrogen and oxygen atoms in total.